The standard InChI is InChI=1S/C24H26N4O3S/c1-4-31-18-11-9-17(10-12-18)21(29)15-32-24-26-25-23-27(14-13-16(2)3)22(30)19-7-5-6-8-20(19)28(23)24/h5-12,16H,4,13-15H2,1-3H3. The number of aryl methyl sites for hydroxylation is 1. The molecule has 2 aromatic carbocycles. The first-order chi connectivity index (χ1) is 15.5. The van der Waals surface area contributed by atoms with Gasteiger partial charge in [-0.2, -0.15) is 0 Å². The molecule has 4 aromatic rings. The van der Waals surface area contributed by atoms with Crippen LogP contribution < -0.4 is 10.3 Å². The smallest absolute Gasteiger partial charge is 0.262 e. The predicted octanol–water partition coefficient (Wildman–Crippen LogP) is 4.46. The lowest BCUT2D eigenvalue weighted by Crippen LogP contribution is -2.24. The van der Waals surface area contributed by atoms with E-state index in [4.69, 9.17) is 4.74 Å². The first-order valence-corrected chi connectivity index (χ1v) is 11.7. The van der Waals surface area contributed by atoms with Crippen LogP contribution in [0.4, 0.5) is 0 Å². The fourth-order valence-electron chi connectivity index (χ4n) is 3.53. The zero-order chi connectivity index (χ0) is 22.7. The normalized spacial score (nSPS) is 11.5. The number of benzene rings is 2. The van der Waals surface area contributed by atoms with E-state index >= 15 is 0 Å². The van der Waals surface area contributed by atoms with Crippen molar-refractivity contribution < 1.29 is 9.53 Å². The summed E-state index contributed by atoms with van der Waals surface area (Å²) in [6, 6.07) is 14.6. The van der Waals surface area contributed by atoms with Crippen molar-refractivity contribution in [1.82, 2.24) is 19.2 Å². The van der Waals surface area contributed by atoms with Gasteiger partial charge in [0.2, 0.25) is 5.78 Å². The number of ether oxygens (including phenoxy) is 1. The summed E-state index contributed by atoms with van der Waals surface area (Å²) >= 11 is 1.32. The lowest BCUT2D eigenvalue weighted by Gasteiger charge is -2.12. The molecule has 0 N–H and O–H groups in total. The summed E-state index contributed by atoms with van der Waals surface area (Å²) in [6.07, 6.45) is 0.861. The summed E-state index contributed by atoms with van der Waals surface area (Å²) in [7, 11) is 0. The lowest BCUT2D eigenvalue weighted by atomic mass is 10.1. The Labute approximate surface area is 190 Å². The molecule has 0 amide bonds. The largest absolute Gasteiger partial charge is 0.494 e. The molecule has 0 radical (unpaired) electrons. The highest BCUT2D eigenvalue weighted by molar-refractivity contribution is 7.99. The minimum atomic E-state index is -0.0665. The molecule has 166 valence electrons. The SMILES string of the molecule is CCOc1ccc(C(=O)CSc2nnc3n(CCC(C)C)c(=O)c4ccccc4n23)cc1. The number of aromatic nitrogens is 4. The van der Waals surface area contributed by atoms with E-state index in [1.165, 1.54) is 11.8 Å². The molecule has 0 aliphatic heterocycles. The van der Waals surface area contributed by atoms with Crippen LogP contribution in [0.15, 0.2) is 58.5 Å². The highest BCUT2D eigenvalue weighted by atomic mass is 32.2. The van der Waals surface area contributed by atoms with E-state index < -0.39 is 0 Å². The van der Waals surface area contributed by atoms with Gasteiger partial charge in [0.15, 0.2) is 10.9 Å². The van der Waals surface area contributed by atoms with Gasteiger partial charge in [0, 0.05) is 12.1 Å². The minimum absolute atomic E-state index is 0.00719. The molecular formula is C24H26N4O3S. The average Bonchev–Trinajstić information content (AvgIpc) is 3.22. The number of carbonyl (C=O) groups is 1. The van der Waals surface area contributed by atoms with E-state index in [0.717, 1.165) is 17.7 Å². The number of Topliss-reactive ketones (excluding diaryl/α,β-unsaturated/α-hetero) is 1. The highest BCUT2D eigenvalue weighted by Gasteiger charge is 2.18. The first kappa shape index (κ1) is 22.1. The van der Waals surface area contributed by atoms with Crippen LogP contribution in [-0.4, -0.2) is 37.3 Å². The van der Waals surface area contributed by atoms with E-state index in [9.17, 15) is 9.59 Å². The quantitative estimate of drug-likeness (QED) is 0.277. The Morgan fingerprint density at radius 2 is 1.84 bits per heavy atom. The highest BCUT2D eigenvalue weighted by Crippen LogP contribution is 2.23. The molecule has 4 rings (SSSR count). The van der Waals surface area contributed by atoms with Gasteiger partial charge in [-0.3, -0.25) is 18.6 Å². The fourth-order valence-corrected chi connectivity index (χ4v) is 4.37. The number of fused-ring (bicyclic) bond motifs is 3. The summed E-state index contributed by atoms with van der Waals surface area (Å²) in [5.74, 6) is 1.91. The number of hydrogen-bond donors (Lipinski definition) is 0. The molecule has 0 bridgehead atoms. The Balaban J connectivity index is 1.66. The zero-order valence-corrected chi connectivity index (χ0v) is 19.3. The van der Waals surface area contributed by atoms with Crippen LogP contribution >= 0.6 is 11.8 Å². The summed E-state index contributed by atoms with van der Waals surface area (Å²) in [5.41, 5.74) is 1.30. The molecule has 0 aliphatic rings. The third-order valence-electron chi connectivity index (χ3n) is 5.23. The maximum absolute atomic E-state index is 13.1. The van der Waals surface area contributed by atoms with Gasteiger partial charge in [0.1, 0.15) is 5.75 Å². The van der Waals surface area contributed by atoms with Gasteiger partial charge in [-0.1, -0.05) is 37.7 Å². The summed E-state index contributed by atoms with van der Waals surface area (Å²) < 4.78 is 9.01. The number of ketones is 1. The van der Waals surface area contributed by atoms with E-state index in [1.807, 2.05) is 35.6 Å². The van der Waals surface area contributed by atoms with Gasteiger partial charge >= 0.3 is 0 Å². The third kappa shape index (κ3) is 4.41. The van der Waals surface area contributed by atoms with Crippen molar-refractivity contribution >= 4 is 34.2 Å². The van der Waals surface area contributed by atoms with Crippen molar-refractivity contribution in [2.24, 2.45) is 5.92 Å². The van der Waals surface area contributed by atoms with Crippen molar-refractivity contribution in [2.45, 2.75) is 38.9 Å². The Hall–Kier alpha value is -3.13. The molecular weight excluding hydrogens is 424 g/mol. The molecule has 0 saturated heterocycles. The summed E-state index contributed by atoms with van der Waals surface area (Å²) in [6.45, 7) is 7.32. The Bertz CT molecular complexity index is 1310. The molecule has 0 unspecified atom stereocenters. The number of nitrogens with zero attached hydrogens (tertiary/aromatic N) is 4. The molecule has 0 saturated carbocycles. The van der Waals surface area contributed by atoms with Gasteiger partial charge in [-0.15, -0.1) is 10.2 Å². The van der Waals surface area contributed by atoms with Crippen LogP contribution in [0.25, 0.3) is 16.7 Å². The lowest BCUT2D eigenvalue weighted by molar-refractivity contribution is 0.102. The van der Waals surface area contributed by atoms with Crippen LogP contribution in [0.2, 0.25) is 0 Å². The number of carbonyl (C=O) groups excluding carboxylic acids is 1. The van der Waals surface area contributed by atoms with Crippen molar-refractivity contribution in [3.05, 3.63) is 64.4 Å². The second kappa shape index (κ2) is 9.56. The maximum atomic E-state index is 13.1. The third-order valence-corrected chi connectivity index (χ3v) is 6.16. The van der Waals surface area contributed by atoms with Gasteiger partial charge in [0.05, 0.1) is 23.3 Å². The molecule has 0 spiro atoms. The van der Waals surface area contributed by atoms with Crippen molar-refractivity contribution in [3.8, 4) is 5.75 Å². The molecule has 8 heteroatoms. The molecule has 0 atom stereocenters. The van der Waals surface area contributed by atoms with E-state index in [2.05, 4.69) is 24.0 Å². The molecule has 0 fully saturated rings. The van der Waals surface area contributed by atoms with Crippen molar-refractivity contribution in [3.63, 3.8) is 0 Å². The Morgan fingerprint density at radius 1 is 1.09 bits per heavy atom. The van der Waals surface area contributed by atoms with E-state index in [-0.39, 0.29) is 17.1 Å². The fraction of sp³-hybridized carbons (Fsp3) is 0.333. The van der Waals surface area contributed by atoms with Crippen LogP contribution in [-0.2, 0) is 6.54 Å². The van der Waals surface area contributed by atoms with Crippen LogP contribution in [0.5, 0.6) is 5.75 Å². The molecule has 0 aliphatic carbocycles. The molecule has 2 aromatic heterocycles. The summed E-state index contributed by atoms with van der Waals surface area (Å²) in [5, 5.41) is 9.85. The van der Waals surface area contributed by atoms with Crippen LogP contribution in [0.3, 0.4) is 0 Å². The Kier molecular flexibility index (Phi) is 6.60. The maximum Gasteiger partial charge on any atom is 0.262 e. The zero-order valence-electron chi connectivity index (χ0n) is 18.4. The van der Waals surface area contributed by atoms with Crippen LogP contribution in [0.1, 0.15) is 37.6 Å². The van der Waals surface area contributed by atoms with Crippen molar-refractivity contribution in [2.75, 3.05) is 12.4 Å². The number of hydrogen-bond acceptors (Lipinski definition) is 6. The van der Waals surface area contributed by atoms with Gasteiger partial charge in [-0.05, 0) is 55.7 Å². The minimum Gasteiger partial charge on any atom is -0.494 e. The average molecular weight is 451 g/mol. The molecule has 7 nitrogen and oxygen atoms in total. The van der Waals surface area contributed by atoms with Crippen LogP contribution in [0, 0.1) is 5.92 Å². The second-order valence-electron chi connectivity index (χ2n) is 7.94. The topological polar surface area (TPSA) is 78.5 Å². The van der Waals surface area contributed by atoms with Gasteiger partial charge in [-0.25, -0.2) is 0 Å². The number of thioether (sulfide) groups is 1. The second-order valence-corrected chi connectivity index (χ2v) is 8.89. The van der Waals surface area contributed by atoms with Crippen molar-refractivity contribution in [1.29, 1.82) is 0 Å². The molecule has 2 heterocycles. The summed E-state index contributed by atoms with van der Waals surface area (Å²) in [4.78, 5) is 25.8. The first-order valence-electron chi connectivity index (χ1n) is 10.7. The Morgan fingerprint density at radius 3 is 2.56 bits per heavy atom. The van der Waals surface area contributed by atoms with E-state index in [1.54, 1.807) is 28.8 Å². The monoisotopic (exact) mass is 450 g/mol. The number of rotatable bonds is 9. The predicted molar refractivity (Wildman–Crippen MR) is 127 cm³/mol. The molecule has 32 heavy (non-hydrogen) atoms. The van der Waals surface area contributed by atoms with Gasteiger partial charge < -0.3 is 4.74 Å². The van der Waals surface area contributed by atoms with Gasteiger partial charge in [0.25, 0.3) is 5.56 Å². The number of para-hydroxylation sites is 1. The van der Waals surface area contributed by atoms with E-state index in [0.29, 0.717) is 41.0 Å².